The summed E-state index contributed by atoms with van der Waals surface area (Å²) < 4.78 is 15.3. The maximum Gasteiger partial charge on any atom is 0.341 e. The Morgan fingerprint density at radius 2 is 1.73 bits per heavy atom. The van der Waals surface area contributed by atoms with Gasteiger partial charge in [0.1, 0.15) is 10.8 Å². The number of halogens is 2. The molecule has 2 aromatic carbocycles. The number of nitrogens with one attached hydrogen (secondary N) is 2. The number of esters is 2. The summed E-state index contributed by atoms with van der Waals surface area (Å²) in [4.78, 5) is 50.6. The number of benzene rings is 2. The number of thiophene rings is 1. The van der Waals surface area contributed by atoms with Crippen LogP contribution in [0.3, 0.4) is 0 Å². The van der Waals surface area contributed by atoms with Gasteiger partial charge in [0.15, 0.2) is 6.61 Å². The van der Waals surface area contributed by atoms with Gasteiger partial charge in [-0.15, -0.1) is 11.3 Å². The number of amides is 2. The Hall–Kier alpha value is -3.60. The van der Waals surface area contributed by atoms with Crippen LogP contribution in [0.4, 0.5) is 10.7 Å². The number of anilines is 2. The molecule has 0 aliphatic heterocycles. The number of methoxy groups -OCH3 is 1. The van der Waals surface area contributed by atoms with Gasteiger partial charge in [-0.1, -0.05) is 35.3 Å². The summed E-state index contributed by atoms with van der Waals surface area (Å²) in [5.74, 6) is -2.27. The number of ether oxygens (including phenoxy) is 3. The monoisotopic (exact) mass is 564 g/mol. The molecular formula is C25H22Cl2N2O7S. The largest absolute Gasteiger partial charge is 0.482 e. The van der Waals surface area contributed by atoms with Gasteiger partial charge >= 0.3 is 11.9 Å². The van der Waals surface area contributed by atoms with Crippen molar-refractivity contribution in [2.75, 3.05) is 31.0 Å². The minimum Gasteiger partial charge on any atom is -0.482 e. The molecule has 1 heterocycles. The van der Waals surface area contributed by atoms with Gasteiger partial charge in [0, 0.05) is 5.02 Å². The number of hydrogen-bond acceptors (Lipinski definition) is 8. The standard InChI is InChI=1S/C25H22Cl2N2O7S/c1-4-35-25(33)20-13(2)21(22(31)28-17-8-6-5-7-15(17)24(32)34-3)37-23(20)29-19(30)12-36-18-10-9-14(26)11-16(18)27/h5-11H,4,12H2,1-3H3,(H,28,31)(H,29,30). The van der Waals surface area contributed by atoms with Crippen molar-refractivity contribution in [1.82, 2.24) is 0 Å². The lowest BCUT2D eigenvalue weighted by molar-refractivity contribution is -0.118. The lowest BCUT2D eigenvalue weighted by Gasteiger charge is -2.09. The second-order valence-corrected chi connectivity index (χ2v) is 9.25. The third-order valence-corrected chi connectivity index (χ3v) is 6.66. The number of carbonyl (C=O) groups excluding carboxylic acids is 4. The fourth-order valence-corrected chi connectivity index (χ4v) is 4.79. The third kappa shape index (κ3) is 6.79. The summed E-state index contributed by atoms with van der Waals surface area (Å²) in [6, 6.07) is 10.9. The Balaban J connectivity index is 1.85. The van der Waals surface area contributed by atoms with Crippen LogP contribution in [0.15, 0.2) is 42.5 Å². The Bertz CT molecular complexity index is 1360. The van der Waals surface area contributed by atoms with Crippen LogP contribution in [0.25, 0.3) is 0 Å². The molecule has 0 saturated heterocycles. The molecule has 0 unspecified atom stereocenters. The summed E-state index contributed by atoms with van der Waals surface area (Å²) >= 11 is 12.8. The van der Waals surface area contributed by atoms with Crippen molar-refractivity contribution < 1.29 is 33.4 Å². The van der Waals surface area contributed by atoms with Gasteiger partial charge in [-0.2, -0.15) is 0 Å². The zero-order chi connectivity index (χ0) is 27.1. The van der Waals surface area contributed by atoms with E-state index in [4.69, 9.17) is 37.4 Å². The molecule has 0 saturated carbocycles. The molecule has 37 heavy (non-hydrogen) atoms. The smallest absolute Gasteiger partial charge is 0.341 e. The van der Waals surface area contributed by atoms with Crippen LogP contribution in [-0.2, 0) is 14.3 Å². The lowest BCUT2D eigenvalue weighted by Crippen LogP contribution is -2.21. The molecule has 2 N–H and O–H groups in total. The molecule has 0 spiro atoms. The normalized spacial score (nSPS) is 10.4. The van der Waals surface area contributed by atoms with Gasteiger partial charge in [0.2, 0.25) is 0 Å². The summed E-state index contributed by atoms with van der Waals surface area (Å²) in [6.07, 6.45) is 0. The molecular weight excluding hydrogens is 543 g/mol. The van der Waals surface area contributed by atoms with Gasteiger partial charge in [0.25, 0.3) is 11.8 Å². The van der Waals surface area contributed by atoms with Crippen LogP contribution in [0.5, 0.6) is 5.75 Å². The number of carbonyl (C=O) groups is 4. The molecule has 0 radical (unpaired) electrons. The summed E-state index contributed by atoms with van der Waals surface area (Å²) in [6.45, 7) is 2.87. The van der Waals surface area contributed by atoms with Gasteiger partial charge in [-0.05, 0) is 49.7 Å². The summed E-state index contributed by atoms with van der Waals surface area (Å²) in [7, 11) is 1.23. The van der Waals surface area contributed by atoms with Crippen molar-refractivity contribution in [1.29, 1.82) is 0 Å². The van der Waals surface area contributed by atoms with Crippen LogP contribution in [0, 0.1) is 6.92 Å². The average Bonchev–Trinajstić information content (AvgIpc) is 3.19. The second-order valence-electron chi connectivity index (χ2n) is 7.38. The first kappa shape index (κ1) is 28.0. The Morgan fingerprint density at radius 1 is 1.00 bits per heavy atom. The highest BCUT2D eigenvalue weighted by Gasteiger charge is 2.27. The van der Waals surface area contributed by atoms with E-state index in [2.05, 4.69) is 10.6 Å². The first-order valence-electron chi connectivity index (χ1n) is 10.8. The molecule has 12 heteroatoms. The van der Waals surface area contributed by atoms with E-state index in [0.29, 0.717) is 10.6 Å². The first-order chi connectivity index (χ1) is 17.7. The molecule has 0 aliphatic rings. The van der Waals surface area contributed by atoms with Crippen LogP contribution in [0.1, 0.15) is 42.9 Å². The predicted molar refractivity (Wildman–Crippen MR) is 141 cm³/mol. The van der Waals surface area contributed by atoms with Gasteiger partial charge in [0.05, 0.1) is 40.4 Å². The predicted octanol–water partition coefficient (Wildman–Crippen LogP) is 5.60. The lowest BCUT2D eigenvalue weighted by atomic mass is 10.1. The van der Waals surface area contributed by atoms with Crippen molar-refractivity contribution in [3.8, 4) is 5.75 Å². The van der Waals surface area contributed by atoms with E-state index in [1.165, 1.54) is 25.3 Å². The zero-order valence-corrected chi connectivity index (χ0v) is 22.3. The Kier molecular flexibility index (Phi) is 9.51. The van der Waals surface area contributed by atoms with Crippen molar-refractivity contribution in [3.05, 3.63) is 74.1 Å². The Labute approximate surface area is 226 Å². The highest BCUT2D eigenvalue weighted by atomic mass is 35.5. The molecule has 2 amide bonds. The fourth-order valence-electron chi connectivity index (χ4n) is 3.22. The molecule has 3 rings (SSSR count). The molecule has 0 fully saturated rings. The average molecular weight is 565 g/mol. The molecule has 3 aromatic rings. The zero-order valence-electron chi connectivity index (χ0n) is 20.0. The van der Waals surface area contributed by atoms with Gasteiger partial charge in [-0.25, -0.2) is 9.59 Å². The van der Waals surface area contributed by atoms with E-state index < -0.39 is 30.4 Å². The highest BCUT2D eigenvalue weighted by molar-refractivity contribution is 7.19. The molecule has 0 atom stereocenters. The van der Waals surface area contributed by atoms with E-state index in [1.807, 2.05) is 0 Å². The van der Waals surface area contributed by atoms with Crippen molar-refractivity contribution >= 4 is 69.0 Å². The van der Waals surface area contributed by atoms with Crippen LogP contribution in [-0.4, -0.2) is 44.1 Å². The summed E-state index contributed by atoms with van der Waals surface area (Å²) in [5, 5.41) is 6.01. The number of para-hydroxylation sites is 1. The van der Waals surface area contributed by atoms with Gasteiger partial charge < -0.3 is 24.8 Å². The number of rotatable bonds is 9. The molecule has 0 bridgehead atoms. The quantitative estimate of drug-likeness (QED) is 0.324. The summed E-state index contributed by atoms with van der Waals surface area (Å²) in [5.41, 5.74) is 0.720. The van der Waals surface area contributed by atoms with E-state index >= 15 is 0 Å². The van der Waals surface area contributed by atoms with Gasteiger partial charge in [-0.3, -0.25) is 9.59 Å². The van der Waals surface area contributed by atoms with Crippen LogP contribution in [0.2, 0.25) is 10.0 Å². The molecule has 1 aromatic heterocycles. The molecule has 194 valence electrons. The molecule has 0 aliphatic carbocycles. The maximum atomic E-state index is 13.1. The van der Waals surface area contributed by atoms with E-state index in [1.54, 1.807) is 38.1 Å². The van der Waals surface area contributed by atoms with E-state index in [9.17, 15) is 19.2 Å². The van der Waals surface area contributed by atoms with E-state index in [0.717, 1.165) is 11.3 Å². The van der Waals surface area contributed by atoms with Crippen LogP contribution < -0.4 is 15.4 Å². The fraction of sp³-hybridized carbons (Fsp3) is 0.200. The van der Waals surface area contributed by atoms with Crippen LogP contribution >= 0.6 is 34.5 Å². The molecule has 9 nitrogen and oxygen atoms in total. The van der Waals surface area contributed by atoms with Crippen molar-refractivity contribution in [2.24, 2.45) is 0 Å². The SMILES string of the molecule is CCOC(=O)c1c(NC(=O)COc2ccc(Cl)cc2Cl)sc(C(=O)Nc2ccccc2C(=O)OC)c1C. The third-order valence-electron chi connectivity index (χ3n) is 4.92. The maximum absolute atomic E-state index is 13.1. The Morgan fingerprint density at radius 3 is 2.41 bits per heavy atom. The minimum absolute atomic E-state index is 0.0381. The minimum atomic E-state index is -0.706. The second kappa shape index (κ2) is 12.6. The first-order valence-corrected chi connectivity index (χ1v) is 12.4. The van der Waals surface area contributed by atoms with Crippen molar-refractivity contribution in [2.45, 2.75) is 13.8 Å². The van der Waals surface area contributed by atoms with Crippen molar-refractivity contribution in [3.63, 3.8) is 0 Å². The topological polar surface area (TPSA) is 120 Å². The highest BCUT2D eigenvalue weighted by Crippen LogP contribution is 2.35. The number of hydrogen-bond donors (Lipinski definition) is 2. The van der Waals surface area contributed by atoms with E-state index in [-0.39, 0.29) is 44.1 Å².